The summed E-state index contributed by atoms with van der Waals surface area (Å²) in [7, 11) is 0. The molecule has 0 spiro atoms. The number of hydrogen-bond acceptors (Lipinski definition) is 4. The summed E-state index contributed by atoms with van der Waals surface area (Å²) in [5, 5.41) is 10.2. The van der Waals surface area contributed by atoms with Crippen molar-refractivity contribution in [3.63, 3.8) is 0 Å². The summed E-state index contributed by atoms with van der Waals surface area (Å²) in [6.45, 7) is 9.71. The van der Waals surface area contributed by atoms with E-state index < -0.39 is 0 Å². The summed E-state index contributed by atoms with van der Waals surface area (Å²) in [5.41, 5.74) is 3.61. The molecule has 7 heteroatoms. The molecular weight excluding hydrogens is 456 g/mol. The quantitative estimate of drug-likeness (QED) is 0.439. The summed E-state index contributed by atoms with van der Waals surface area (Å²) in [6.07, 6.45) is 5.64. The Morgan fingerprint density at radius 1 is 1.11 bits per heavy atom. The number of carbonyl (C=O) groups is 1. The molecule has 2 aliphatic heterocycles. The van der Waals surface area contributed by atoms with Crippen molar-refractivity contribution in [2.24, 2.45) is 4.99 Å². The molecule has 3 heterocycles. The number of aromatic nitrogens is 1. The van der Waals surface area contributed by atoms with Gasteiger partial charge in [0.25, 0.3) is 5.91 Å². The molecule has 0 fully saturated rings. The molecule has 5 rings (SSSR count). The van der Waals surface area contributed by atoms with Gasteiger partial charge in [0.15, 0.2) is 5.17 Å². The molecule has 35 heavy (non-hydrogen) atoms. The van der Waals surface area contributed by atoms with Crippen LogP contribution in [0.1, 0.15) is 38.8 Å². The maximum absolute atomic E-state index is 12.7. The van der Waals surface area contributed by atoms with Gasteiger partial charge >= 0.3 is 0 Å². The number of carbonyl (C=O) groups excluding carboxylic acids is 1. The summed E-state index contributed by atoms with van der Waals surface area (Å²) < 4.78 is 8.15. The van der Waals surface area contributed by atoms with Gasteiger partial charge < -0.3 is 9.30 Å². The number of aliphatic imine (C=N–C) groups is 1. The fourth-order valence-corrected chi connectivity index (χ4v) is 5.06. The van der Waals surface area contributed by atoms with E-state index in [0.29, 0.717) is 23.9 Å². The molecule has 0 unspecified atom stereocenters. The molecule has 1 aromatic heterocycles. The summed E-state index contributed by atoms with van der Waals surface area (Å²) in [6, 6.07) is 16.3. The van der Waals surface area contributed by atoms with Crippen molar-refractivity contribution in [2.45, 2.75) is 39.7 Å². The molecule has 0 aliphatic carbocycles. The smallest absolute Gasteiger partial charge is 0.283 e. The maximum atomic E-state index is 12.7. The molecule has 2 aliphatic rings. The van der Waals surface area contributed by atoms with E-state index in [2.05, 4.69) is 48.5 Å². The minimum atomic E-state index is -0.379. The Balaban J connectivity index is 1.37. The first-order chi connectivity index (χ1) is 16.7. The van der Waals surface area contributed by atoms with E-state index >= 15 is 0 Å². The second-order valence-corrected chi connectivity index (χ2v) is 10.9. The molecule has 0 saturated carbocycles. The average Bonchev–Trinajstić information content (AvgIpc) is 3.36. The van der Waals surface area contributed by atoms with E-state index in [1.807, 2.05) is 49.7 Å². The number of nitrogens with zero attached hydrogens (tertiary/aromatic N) is 3. The summed E-state index contributed by atoms with van der Waals surface area (Å²) in [4.78, 5) is 19.6. The van der Waals surface area contributed by atoms with Gasteiger partial charge in [0.05, 0.1) is 12.1 Å². The number of rotatable bonds is 5. The maximum Gasteiger partial charge on any atom is 0.283 e. The van der Waals surface area contributed by atoms with Crippen molar-refractivity contribution in [2.75, 3.05) is 6.61 Å². The van der Waals surface area contributed by atoms with Crippen LogP contribution in [0.4, 0.5) is 0 Å². The second-order valence-electron chi connectivity index (χ2n) is 9.74. The Labute approximate surface area is 209 Å². The lowest BCUT2D eigenvalue weighted by Crippen LogP contribution is -2.35. The molecule has 2 aromatic carbocycles. The van der Waals surface area contributed by atoms with E-state index in [-0.39, 0.29) is 17.2 Å². The van der Waals surface area contributed by atoms with Crippen LogP contribution in [0, 0.1) is 5.41 Å². The van der Waals surface area contributed by atoms with Crippen molar-refractivity contribution in [3.05, 3.63) is 82.5 Å². The van der Waals surface area contributed by atoms with Crippen molar-refractivity contribution in [3.8, 4) is 5.75 Å². The number of amides is 1. The number of benzene rings is 2. The SMILES string of the molecule is CC1=CN2C(=N)/C(=C/c3cn(CCOc4ccc(C(C)(C)C)cc4)c4ccccc34)C(=O)N=C2S1. The lowest BCUT2D eigenvalue weighted by atomic mass is 9.87. The third kappa shape index (κ3) is 4.56. The number of nitrogens with one attached hydrogen (secondary N) is 1. The van der Waals surface area contributed by atoms with Crippen LogP contribution in [0.3, 0.4) is 0 Å². The lowest BCUT2D eigenvalue weighted by Gasteiger charge is -2.22. The number of fused-ring (bicyclic) bond motifs is 2. The topological polar surface area (TPSA) is 70.7 Å². The lowest BCUT2D eigenvalue weighted by molar-refractivity contribution is -0.114. The zero-order valence-corrected chi connectivity index (χ0v) is 21.1. The van der Waals surface area contributed by atoms with Crippen LogP contribution in [0.5, 0.6) is 5.75 Å². The predicted molar refractivity (Wildman–Crippen MR) is 144 cm³/mol. The van der Waals surface area contributed by atoms with Crippen molar-refractivity contribution >= 4 is 45.7 Å². The van der Waals surface area contributed by atoms with Crippen LogP contribution in [0.2, 0.25) is 0 Å². The average molecular weight is 485 g/mol. The standard InChI is InChI=1S/C28H28N4O2S/c1-18-16-32-25(29)23(26(33)30-27(32)35-18)15-19-17-31(24-8-6-5-7-22(19)24)13-14-34-21-11-9-20(10-12-21)28(2,3)4/h5-12,15-17,29H,13-14H2,1-4H3/b23-15-,29-25?. The van der Waals surface area contributed by atoms with Gasteiger partial charge in [-0.3, -0.25) is 15.1 Å². The van der Waals surface area contributed by atoms with Gasteiger partial charge in [-0.05, 0) is 42.2 Å². The molecular formula is C28H28N4O2S. The fraction of sp³-hybridized carbons (Fsp3) is 0.250. The molecule has 3 aromatic rings. The second kappa shape index (κ2) is 8.89. The number of thioether (sulfide) groups is 1. The number of para-hydroxylation sites is 1. The Bertz CT molecular complexity index is 1420. The number of amidine groups is 2. The molecule has 0 bridgehead atoms. The molecule has 1 N–H and O–H groups in total. The van der Waals surface area contributed by atoms with Gasteiger partial charge in [0.2, 0.25) is 0 Å². The van der Waals surface area contributed by atoms with Gasteiger partial charge in [-0.1, -0.05) is 62.9 Å². The van der Waals surface area contributed by atoms with E-state index in [1.165, 1.54) is 17.3 Å². The highest BCUT2D eigenvalue weighted by molar-refractivity contribution is 8.17. The van der Waals surface area contributed by atoms with Gasteiger partial charge in [0.1, 0.15) is 18.2 Å². The minimum Gasteiger partial charge on any atom is -0.492 e. The fourth-order valence-electron chi connectivity index (χ4n) is 4.25. The third-order valence-corrected chi connectivity index (χ3v) is 7.03. The monoisotopic (exact) mass is 484 g/mol. The number of ether oxygens (including phenoxy) is 1. The Morgan fingerprint density at radius 2 is 1.86 bits per heavy atom. The third-order valence-electron chi connectivity index (χ3n) is 6.13. The first-order valence-corrected chi connectivity index (χ1v) is 12.4. The predicted octanol–water partition coefficient (Wildman–Crippen LogP) is 6.18. The van der Waals surface area contributed by atoms with Gasteiger partial charge in [-0.2, -0.15) is 4.99 Å². The molecule has 178 valence electrons. The first kappa shape index (κ1) is 23.2. The largest absolute Gasteiger partial charge is 0.492 e. The minimum absolute atomic E-state index is 0.110. The molecule has 0 radical (unpaired) electrons. The number of hydrogen-bond donors (Lipinski definition) is 1. The molecule has 0 atom stereocenters. The first-order valence-electron chi connectivity index (χ1n) is 11.6. The van der Waals surface area contributed by atoms with Gasteiger partial charge in [-0.25, -0.2) is 0 Å². The van der Waals surface area contributed by atoms with Crippen molar-refractivity contribution in [1.82, 2.24) is 9.47 Å². The zero-order valence-electron chi connectivity index (χ0n) is 20.3. The summed E-state index contributed by atoms with van der Waals surface area (Å²) in [5.74, 6) is 0.623. The van der Waals surface area contributed by atoms with Crippen LogP contribution in [0.15, 0.2) is 76.4 Å². The molecule has 0 saturated heterocycles. The van der Waals surface area contributed by atoms with E-state index in [4.69, 9.17) is 10.1 Å². The van der Waals surface area contributed by atoms with Gasteiger partial charge in [0, 0.05) is 33.8 Å². The zero-order chi connectivity index (χ0) is 24.7. The van der Waals surface area contributed by atoms with Crippen LogP contribution in [-0.2, 0) is 16.8 Å². The van der Waals surface area contributed by atoms with Crippen molar-refractivity contribution < 1.29 is 9.53 Å². The Morgan fingerprint density at radius 3 is 2.60 bits per heavy atom. The van der Waals surface area contributed by atoms with Crippen LogP contribution < -0.4 is 4.74 Å². The van der Waals surface area contributed by atoms with E-state index in [0.717, 1.165) is 27.1 Å². The van der Waals surface area contributed by atoms with E-state index in [1.54, 1.807) is 11.0 Å². The molecule has 1 amide bonds. The highest BCUT2D eigenvalue weighted by atomic mass is 32.2. The molecule has 6 nitrogen and oxygen atoms in total. The van der Waals surface area contributed by atoms with E-state index in [9.17, 15) is 4.79 Å². The van der Waals surface area contributed by atoms with Crippen LogP contribution in [-0.4, -0.2) is 33.0 Å². The van der Waals surface area contributed by atoms with Crippen LogP contribution in [0.25, 0.3) is 17.0 Å². The Hall–Kier alpha value is -3.58. The van der Waals surface area contributed by atoms with Gasteiger partial charge in [-0.15, -0.1) is 0 Å². The van der Waals surface area contributed by atoms with Crippen LogP contribution >= 0.6 is 11.8 Å². The van der Waals surface area contributed by atoms with Crippen molar-refractivity contribution in [1.29, 1.82) is 5.41 Å². The number of allylic oxidation sites excluding steroid dienone is 1. The summed E-state index contributed by atoms with van der Waals surface area (Å²) >= 11 is 1.41. The highest BCUT2D eigenvalue weighted by Crippen LogP contribution is 2.33. The normalized spacial score (nSPS) is 17.1. The Kier molecular flexibility index (Phi) is 5.89. The highest BCUT2D eigenvalue weighted by Gasteiger charge is 2.33.